The van der Waals surface area contributed by atoms with Gasteiger partial charge in [-0.3, -0.25) is 14.2 Å². The molecule has 4 aromatic rings. The minimum atomic E-state index is -0.134. The summed E-state index contributed by atoms with van der Waals surface area (Å²) in [5, 5.41) is 3.53. The molecule has 0 aliphatic carbocycles. The van der Waals surface area contributed by atoms with Gasteiger partial charge in [0.05, 0.1) is 5.75 Å². The Hall–Kier alpha value is -3.32. The lowest BCUT2D eigenvalue weighted by Crippen LogP contribution is -2.26. The zero-order valence-electron chi connectivity index (χ0n) is 18.6. The fourth-order valence-electron chi connectivity index (χ4n) is 3.76. The molecule has 0 saturated heterocycles. The Morgan fingerprint density at radius 2 is 1.78 bits per heavy atom. The number of hydrogen-bond acceptors (Lipinski definition) is 4. The smallest absolute Gasteiger partial charge is 0.278 e. The molecule has 6 nitrogen and oxygen atoms in total. The summed E-state index contributed by atoms with van der Waals surface area (Å²) in [4.78, 5) is 33.9. The number of aromatic amines is 1. The van der Waals surface area contributed by atoms with E-state index in [1.807, 2.05) is 82.4 Å². The number of fused-ring (bicyclic) bond motifs is 1. The van der Waals surface area contributed by atoms with Gasteiger partial charge in [0.25, 0.3) is 5.56 Å². The summed E-state index contributed by atoms with van der Waals surface area (Å²) < 4.78 is 1.64. The normalized spacial score (nSPS) is 11.3. The Labute approximate surface area is 191 Å². The van der Waals surface area contributed by atoms with E-state index < -0.39 is 0 Å². The summed E-state index contributed by atoms with van der Waals surface area (Å²) in [6, 6.07) is 15.7. The molecule has 0 spiro atoms. The second-order valence-corrected chi connectivity index (χ2v) is 9.00. The quantitative estimate of drug-likeness (QED) is 0.310. The van der Waals surface area contributed by atoms with E-state index in [9.17, 15) is 9.59 Å². The molecule has 0 aliphatic heterocycles. The Kier molecular flexibility index (Phi) is 6.19. The third-order valence-electron chi connectivity index (χ3n) is 5.38. The van der Waals surface area contributed by atoms with Crippen molar-refractivity contribution in [3.05, 3.63) is 76.2 Å². The first-order chi connectivity index (χ1) is 15.4. The van der Waals surface area contributed by atoms with Crippen LogP contribution in [0.4, 0.5) is 5.69 Å². The number of thioether (sulfide) groups is 1. The number of H-pyrrole nitrogens is 1. The van der Waals surface area contributed by atoms with Gasteiger partial charge in [0.1, 0.15) is 11.0 Å². The van der Waals surface area contributed by atoms with Crippen molar-refractivity contribution in [2.45, 2.75) is 38.9 Å². The van der Waals surface area contributed by atoms with Gasteiger partial charge in [0.15, 0.2) is 5.16 Å². The first-order valence-corrected chi connectivity index (χ1v) is 11.5. The van der Waals surface area contributed by atoms with Crippen LogP contribution in [0.2, 0.25) is 0 Å². The fraction of sp³-hybridized carbons (Fsp3) is 0.240. The van der Waals surface area contributed by atoms with Crippen LogP contribution in [0, 0.1) is 13.8 Å². The van der Waals surface area contributed by atoms with Crippen molar-refractivity contribution in [1.82, 2.24) is 14.5 Å². The van der Waals surface area contributed by atoms with Crippen molar-refractivity contribution < 1.29 is 4.79 Å². The van der Waals surface area contributed by atoms with E-state index >= 15 is 0 Å². The first kappa shape index (κ1) is 21.9. The highest BCUT2D eigenvalue weighted by Crippen LogP contribution is 2.29. The fourth-order valence-corrected chi connectivity index (χ4v) is 4.68. The Morgan fingerprint density at radius 1 is 1.09 bits per heavy atom. The van der Waals surface area contributed by atoms with Crippen molar-refractivity contribution in [3.8, 4) is 11.1 Å². The summed E-state index contributed by atoms with van der Waals surface area (Å²) in [5.41, 5.74) is 5.68. The van der Waals surface area contributed by atoms with Crippen LogP contribution in [0.25, 0.3) is 22.2 Å². The minimum Gasteiger partial charge on any atom is -0.355 e. The number of carbonyl (C=O) groups excluding carboxylic acids is 1. The van der Waals surface area contributed by atoms with E-state index in [0.29, 0.717) is 16.2 Å². The van der Waals surface area contributed by atoms with Crippen LogP contribution in [-0.4, -0.2) is 26.2 Å². The molecule has 1 amide bonds. The molecule has 4 rings (SSSR count). The van der Waals surface area contributed by atoms with E-state index in [1.54, 1.807) is 4.57 Å². The van der Waals surface area contributed by atoms with Gasteiger partial charge < -0.3 is 10.3 Å². The van der Waals surface area contributed by atoms with Crippen molar-refractivity contribution in [3.63, 3.8) is 0 Å². The first-order valence-electron chi connectivity index (χ1n) is 10.5. The molecule has 0 atom stereocenters. The average Bonchev–Trinajstić information content (AvgIpc) is 3.19. The molecule has 2 N–H and O–H groups in total. The van der Waals surface area contributed by atoms with Crippen LogP contribution in [0.5, 0.6) is 0 Å². The van der Waals surface area contributed by atoms with E-state index in [-0.39, 0.29) is 23.3 Å². The van der Waals surface area contributed by atoms with Crippen LogP contribution < -0.4 is 10.9 Å². The van der Waals surface area contributed by atoms with Gasteiger partial charge in [-0.1, -0.05) is 60.3 Å². The Balaban J connectivity index is 1.67. The molecule has 2 aromatic heterocycles. The van der Waals surface area contributed by atoms with Gasteiger partial charge >= 0.3 is 0 Å². The third kappa shape index (κ3) is 4.21. The van der Waals surface area contributed by atoms with Crippen LogP contribution in [-0.2, 0) is 4.79 Å². The maximum atomic E-state index is 13.2. The van der Waals surface area contributed by atoms with Crippen molar-refractivity contribution in [1.29, 1.82) is 0 Å². The van der Waals surface area contributed by atoms with Crippen LogP contribution in [0.1, 0.15) is 31.0 Å². The molecule has 0 aliphatic rings. The van der Waals surface area contributed by atoms with Crippen molar-refractivity contribution in [2.24, 2.45) is 0 Å². The average molecular weight is 447 g/mol. The van der Waals surface area contributed by atoms with Crippen LogP contribution in [0.3, 0.4) is 0 Å². The molecule has 7 heteroatoms. The number of nitrogens with one attached hydrogen (secondary N) is 2. The van der Waals surface area contributed by atoms with Crippen LogP contribution >= 0.6 is 11.8 Å². The number of hydrogen-bond donors (Lipinski definition) is 2. The summed E-state index contributed by atoms with van der Waals surface area (Å²) in [7, 11) is 0. The van der Waals surface area contributed by atoms with E-state index in [2.05, 4.69) is 10.3 Å². The van der Waals surface area contributed by atoms with Crippen molar-refractivity contribution in [2.75, 3.05) is 11.1 Å². The van der Waals surface area contributed by atoms with Crippen molar-refractivity contribution >= 4 is 34.4 Å². The van der Waals surface area contributed by atoms with E-state index in [0.717, 1.165) is 27.9 Å². The monoisotopic (exact) mass is 446 g/mol. The lowest BCUT2D eigenvalue weighted by Gasteiger charge is -2.16. The molecule has 0 radical (unpaired) electrons. The molecule has 32 heavy (non-hydrogen) atoms. The minimum absolute atomic E-state index is 0.0907. The lowest BCUT2D eigenvalue weighted by molar-refractivity contribution is -0.113. The van der Waals surface area contributed by atoms with E-state index in [1.165, 1.54) is 11.8 Å². The van der Waals surface area contributed by atoms with E-state index in [4.69, 9.17) is 4.98 Å². The predicted molar refractivity (Wildman–Crippen MR) is 131 cm³/mol. The topological polar surface area (TPSA) is 79.8 Å². The molecule has 0 saturated carbocycles. The summed E-state index contributed by atoms with van der Waals surface area (Å²) in [6.45, 7) is 7.82. The number of aromatic nitrogens is 3. The number of nitrogens with zero attached hydrogens (tertiary/aromatic N) is 2. The largest absolute Gasteiger partial charge is 0.355 e. The standard InChI is InChI=1S/C25H26N4O2S/c1-15(2)29-24(31)23-22(19(13-26-23)18-11-6-5-7-12-18)28-25(29)32-14-20(30)27-21-16(3)9-8-10-17(21)4/h5-13,15,26H,14H2,1-4H3,(H,27,30). The molecule has 0 unspecified atom stereocenters. The summed E-state index contributed by atoms with van der Waals surface area (Å²) in [6.07, 6.45) is 1.82. The second-order valence-electron chi connectivity index (χ2n) is 8.06. The molecule has 0 bridgehead atoms. The highest BCUT2D eigenvalue weighted by Gasteiger charge is 2.19. The molecular formula is C25H26N4O2S. The Morgan fingerprint density at radius 3 is 2.44 bits per heavy atom. The SMILES string of the molecule is Cc1cccc(C)c1NC(=O)CSc1nc2c(-c3ccccc3)c[nH]c2c(=O)n1C(C)C. The number of rotatable bonds is 6. The Bertz CT molecular complexity index is 1320. The second kappa shape index (κ2) is 9.04. The molecular weight excluding hydrogens is 420 g/mol. The number of carbonyl (C=O) groups is 1. The van der Waals surface area contributed by atoms with Gasteiger partial charge in [-0.15, -0.1) is 0 Å². The number of anilines is 1. The molecule has 164 valence electrons. The van der Waals surface area contributed by atoms with Gasteiger partial charge in [-0.25, -0.2) is 4.98 Å². The number of aryl methyl sites for hydroxylation is 2. The lowest BCUT2D eigenvalue weighted by atomic mass is 10.1. The maximum Gasteiger partial charge on any atom is 0.278 e. The zero-order chi connectivity index (χ0) is 22.8. The summed E-state index contributed by atoms with van der Waals surface area (Å²) in [5.74, 6) is 0.0261. The molecule has 2 heterocycles. The van der Waals surface area contributed by atoms with Gasteiger partial charge in [0.2, 0.25) is 5.91 Å². The van der Waals surface area contributed by atoms with Crippen LogP contribution in [0.15, 0.2) is 64.7 Å². The number of para-hydroxylation sites is 1. The van der Waals surface area contributed by atoms with Gasteiger partial charge in [-0.2, -0.15) is 0 Å². The number of benzene rings is 2. The van der Waals surface area contributed by atoms with Gasteiger partial charge in [-0.05, 0) is 44.4 Å². The van der Waals surface area contributed by atoms with Gasteiger partial charge in [0, 0.05) is 23.5 Å². The number of amides is 1. The highest BCUT2D eigenvalue weighted by molar-refractivity contribution is 7.99. The highest BCUT2D eigenvalue weighted by atomic mass is 32.2. The maximum absolute atomic E-state index is 13.2. The zero-order valence-corrected chi connectivity index (χ0v) is 19.4. The third-order valence-corrected chi connectivity index (χ3v) is 6.33. The predicted octanol–water partition coefficient (Wildman–Crippen LogP) is 5.32. The molecule has 2 aromatic carbocycles. The molecule has 0 fully saturated rings. The summed E-state index contributed by atoms with van der Waals surface area (Å²) >= 11 is 1.28.